The maximum Gasteiger partial charge on any atom is 0.416 e. The molecule has 1 aromatic heterocycles. The number of tetrazole rings is 1. The molecule has 6 aromatic carbocycles. The van der Waals surface area contributed by atoms with Gasteiger partial charge in [0.05, 0.1) is 45.0 Å². The Balaban J connectivity index is 1.06. The van der Waals surface area contributed by atoms with Crippen LogP contribution in [-0.4, -0.2) is 43.8 Å². The predicted octanol–water partition coefficient (Wildman–Crippen LogP) is 10.0. The summed E-state index contributed by atoms with van der Waals surface area (Å²) in [5.41, 5.74) is 20.2. The molecule has 3 heterocycles. The van der Waals surface area contributed by atoms with Gasteiger partial charge < -0.3 is 5.73 Å². The number of benzene rings is 6. The van der Waals surface area contributed by atoms with Gasteiger partial charge in [0.25, 0.3) is 17.7 Å². The number of amides is 4. The molecule has 0 unspecified atom stereocenters. The van der Waals surface area contributed by atoms with Gasteiger partial charge in [-0.1, -0.05) is 90.7 Å². The van der Waals surface area contributed by atoms with Crippen molar-refractivity contribution in [1.29, 1.82) is 0 Å². The van der Waals surface area contributed by atoms with Gasteiger partial charge in [-0.3, -0.25) is 50.7 Å². The number of nitrogens with zero attached hydrogens (tertiary/aromatic N) is 6. The van der Waals surface area contributed by atoms with Crippen molar-refractivity contribution in [3.63, 3.8) is 0 Å². The molecular weight excluding hydrogens is 1020 g/mol. The Bertz CT molecular complexity index is 3600. The van der Waals surface area contributed by atoms with Crippen molar-refractivity contribution < 1.29 is 45.5 Å². The van der Waals surface area contributed by atoms with E-state index in [1.54, 1.807) is 99.6 Å². The van der Waals surface area contributed by atoms with E-state index in [9.17, 15) is 35.9 Å². The van der Waals surface area contributed by atoms with E-state index in [1.165, 1.54) is 21.9 Å². The van der Waals surface area contributed by atoms with Gasteiger partial charge >= 0.3 is 12.4 Å². The normalized spacial score (nSPS) is 15.8. The highest BCUT2D eigenvalue weighted by Crippen LogP contribution is 2.49. The van der Waals surface area contributed by atoms with Crippen LogP contribution in [-0.2, 0) is 44.5 Å². The Morgan fingerprint density at radius 2 is 1.14 bits per heavy atom. The van der Waals surface area contributed by atoms with Crippen LogP contribution < -0.4 is 37.2 Å². The number of anilines is 5. The Morgan fingerprint density at radius 3 is 1.71 bits per heavy atom. The summed E-state index contributed by atoms with van der Waals surface area (Å²) in [7, 11) is 0. The topological polar surface area (TPSA) is 192 Å². The van der Waals surface area contributed by atoms with Crippen LogP contribution in [0.3, 0.4) is 0 Å². The molecule has 1 fully saturated rings. The second kappa shape index (κ2) is 20.7. The number of aryl methyl sites for hydroxylation is 3. The van der Waals surface area contributed by atoms with Gasteiger partial charge in [0.2, 0.25) is 11.9 Å². The van der Waals surface area contributed by atoms with Gasteiger partial charge in [-0.15, -0.1) is 0 Å². The number of halogens is 6. The number of alkyl halides is 6. The standard InChI is InChI=1S/C57H49F6N11O4/c1-31-20-32(2)23-41(22-31)73-45-28-39(56(58,59)60)17-19-44(45)49(54(73)78)51(66-65-47(75)30-72-55(64)69-70-71-72)38-15-9-10-34(26-38)25-35-21-33(3)24-42(27-35)74-46-29-40(57(61,62)63)16-18-43(46)48(53(74)77)50(36-11-5-4-6-12-36)67-68-52(76)37-13-7-8-14-37/h4-6,9-12,15-24,26-29,37,66-67H,7-8,13-14,25,30H2,1-3H3,(H,65,75)(H,68,76)(H2,64,69,71)/b50-48-,51-49-. The van der Waals surface area contributed by atoms with Crippen molar-refractivity contribution in [2.24, 2.45) is 5.92 Å². The fraction of sp³-hybridized carbons (Fsp3) is 0.211. The molecule has 0 radical (unpaired) electrons. The zero-order valence-electron chi connectivity index (χ0n) is 42.1. The molecule has 6 N–H and O–H groups in total. The number of hydrazine groups is 2. The van der Waals surface area contributed by atoms with E-state index in [1.807, 2.05) is 12.1 Å². The Kier molecular flexibility index (Phi) is 13.8. The van der Waals surface area contributed by atoms with Crippen LogP contribution in [0.4, 0.5) is 55.0 Å². The van der Waals surface area contributed by atoms with E-state index in [0.717, 1.165) is 52.9 Å². The van der Waals surface area contributed by atoms with Gasteiger partial charge in [0.1, 0.15) is 6.54 Å². The third-order valence-electron chi connectivity index (χ3n) is 13.8. The van der Waals surface area contributed by atoms with E-state index in [0.29, 0.717) is 46.3 Å². The first kappa shape index (κ1) is 52.2. The van der Waals surface area contributed by atoms with Gasteiger partial charge in [-0.25, -0.2) is 4.68 Å². The fourth-order valence-electron chi connectivity index (χ4n) is 10.3. The zero-order valence-corrected chi connectivity index (χ0v) is 42.1. The summed E-state index contributed by atoms with van der Waals surface area (Å²) in [5.74, 6) is -2.74. The summed E-state index contributed by atoms with van der Waals surface area (Å²) in [5, 5.41) is 10.8. The number of aromatic nitrogens is 4. The van der Waals surface area contributed by atoms with Gasteiger partial charge in [0.15, 0.2) is 0 Å². The summed E-state index contributed by atoms with van der Waals surface area (Å²) in [6.45, 7) is 4.90. The lowest BCUT2D eigenvalue weighted by molar-refractivity contribution is -0.138. The second-order valence-electron chi connectivity index (χ2n) is 19.5. The minimum absolute atomic E-state index is 0.0130. The van der Waals surface area contributed by atoms with E-state index in [4.69, 9.17) is 5.73 Å². The van der Waals surface area contributed by atoms with Crippen molar-refractivity contribution in [2.75, 3.05) is 15.5 Å². The summed E-state index contributed by atoms with van der Waals surface area (Å²) in [6, 6.07) is 32.0. The van der Waals surface area contributed by atoms with Crippen LogP contribution >= 0.6 is 0 Å². The second-order valence-corrected chi connectivity index (χ2v) is 19.5. The first-order valence-electron chi connectivity index (χ1n) is 24.8. The monoisotopic (exact) mass is 1070 g/mol. The molecule has 2 aliphatic heterocycles. The summed E-state index contributed by atoms with van der Waals surface area (Å²) < 4.78 is 87.6. The van der Waals surface area contributed by atoms with Crippen molar-refractivity contribution in [3.8, 4) is 0 Å². The number of nitrogens with one attached hydrogen (secondary N) is 4. The number of fused-ring (bicyclic) bond motifs is 2. The summed E-state index contributed by atoms with van der Waals surface area (Å²) >= 11 is 0. The van der Waals surface area contributed by atoms with E-state index in [2.05, 4.69) is 37.2 Å². The van der Waals surface area contributed by atoms with E-state index < -0.39 is 47.7 Å². The number of nitrogen functional groups attached to an aromatic ring is 1. The molecule has 15 nitrogen and oxygen atoms in total. The van der Waals surface area contributed by atoms with Gasteiger partial charge in [-0.05, 0) is 133 Å². The number of hydrogen-bond acceptors (Lipinski definition) is 10. The fourth-order valence-corrected chi connectivity index (χ4v) is 10.3. The first-order chi connectivity index (χ1) is 37.2. The number of hydrogen-bond donors (Lipinski definition) is 5. The molecule has 0 saturated heterocycles. The summed E-state index contributed by atoms with van der Waals surface area (Å²) in [4.78, 5) is 59.3. The third-order valence-corrected chi connectivity index (χ3v) is 13.8. The number of rotatable bonds is 13. The molecule has 4 amide bonds. The molecule has 7 aromatic rings. The molecule has 21 heteroatoms. The smallest absolute Gasteiger partial charge is 0.367 e. The predicted molar refractivity (Wildman–Crippen MR) is 280 cm³/mol. The van der Waals surface area contributed by atoms with Gasteiger partial charge in [0, 0.05) is 39.5 Å². The maximum absolute atomic E-state index is 15.1. The van der Waals surface area contributed by atoms with Crippen LogP contribution in [0.2, 0.25) is 0 Å². The first-order valence-corrected chi connectivity index (χ1v) is 24.8. The molecule has 3 aliphatic rings. The molecule has 1 saturated carbocycles. The molecule has 398 valence electrons. The maximum atomic E-state index is 15.1. The third kappa shape index (κ3) is 10.5. The average molecular weight is 1070 g/mol. The highest BCUT2D eigenvalue weighted by atomic mass is 19.4. The number of carbonyl (C=O) groups excluding carboxylic acids is 4. The van der Waals surface area contributed by atoms with E-state index >= 15 is 9.59 Å². The minimum atomic E-state index is -4.77. The van der Waals surface area contributed by atoms with Crippen LogP contribution in [0, 0.1) is 26.7 Å². The Labute approximate surface area is 442 Å². The largest absolute Gasteiger partial charge is 0.416 e. The quantitative estimate of drug-likeness (QED) is 0.0422. The van der Waals surface area contributed by atoms with E-state index in [-0.39, 0.29) is 74.9 Å². The average Bonchev–Trinajstić information content (AvgIpc) is 4.38. The molecule has 78 heavy (non-hydrogen) atoms. The van der Waals surface area contributed by atoms with Crippen LogP contribution in [0.15, 0.2) is 127 Å². The van der Waals surface area contributed by atoms with Crippen molar-refractivity contribution >= 4 is 74.9 Å². The van der Waals surface area contributed by atoms with Crippen molar-refractivity contribution in [3.05, 3.63) is 189 Å². The summed E-state index contributed by atoms with van der Waals surface area (Å²) in [6.07, 6.45) is -6.19. The lowest BCUT2D eigenvalue weighted by atomic mass is 9.96. The van der Waals surface area contributed by atoms with Crippen LogP contribution in [0.1, 0.15) is 86.9 Å². The Hall–Kier alpha value is -9.27. The lowest BCUT2D eigenvalue weighted by Gasteiger charge is -2.21. The molecule has 0 bridgehead atoms. The lowest BCUT2D eigenvalue weighted by Crippen LogP contribution is -2.40. The highest BCUT2D eigenvalue weighted by molar-refractivity contribution is 6.40. The number of nitrogens with two attached hydrogens (primary N) is 1. The Morgan fingerprint density at radius 1 is 0.603 bits per heavy atom. The molecule has 1 aliphatic carbocycles. The molecular formula is C57H49F6N11O4. The molecule has 10 rings (SSSR count). The highest BCUT2D eigenvalue weighted by Gasteiger charge is 2.42. The van der Waals surface area contributed by atoms with Crippen molar-refractivity contribution in [1.82, 2.24) is 41.9 Å². The number of carbonyl (C=O) groups is 4. The SMILES string of the molecule is Cc1cc(C)cc(N2C(=O)/C(=C(\NNC(=O)Cn3nnnc3N)c3cccc(Cc4cc(C)cc(N5C(=O)/C(=C(\NNC(=O)C6CCCC6)c6ccccc6)c6ccc(C(F)(F)F)cc65)c4)c3)c3ccc(C(F)(F)F)cc32)c1. The molecule has 0 atom stereocenters. The molecule has 0 spiro atoms. The van der Waals surface area contributed by atoms with Crippen LogP contribution in [0.5, 0.6) is 0 Å². The van der Waals surface area contributed by atoms with Crippen molar-refractivity contribution in [2.45, 2.75) is 71.8 Å². The van der Waals surface area contributed by atoms with Gasteiger partial charge in [-0.2, -0.15) is 26.3 Å². The minimum Gasteiger partial charge on any atom is -0.367 e. The zero-order chi connectivity index (χ0) is 55.2. The van der Waals surface area contributed by atoms with Crippen LogP contribution in [0.25, 0.3) is 22.5 Å².